The van der Waals surface area contributed by atoms with Gasteiger partial charge >= 0.3 is 39.4 Å². The second-order valence-electron chi connectivity index (χ2n) is 2.60. The molecule has 0 aromatic rings. The van der Waals surface area contributed by atoms with Crippen LogP contribution in [0.1, 0.15) is 16.7 Å². The SMILES string of the molecule is CC(C)[C@H](N)C(=O)OS(=O)(=O)O.[H-].[H-].[Mg+2]. The molecule has 8 heteroatoms. The zero-order valence-corrected chi connectivity index (χ0v) is 9.66. The van der Waals surface area contributed by atoms with E-state index >= 15 is 0 Å². The maximum Gasteiger partial charge on any atom is 2.00 e. The van der Waals surface area contributed by atoms with E-state index in [9.17, 15) is 13.2 Å². The Morgan fingerprint density at radius 1 is 1.54 bits per heavy atom. The maximum absolute atomic E-state index is 10.7. The fourth-order valence-electron chi connectivity index (χ4n) is 0.432. The van der Waals surface area contributed by atoms with E-state index in [1.807, 2.05) is 0 Å². The zero-order chi connectivity index (χ0) is 9.94. The maximum atomic E-state index is 10.7. The monoisotopic (exact) mass is 223 g/mol. The van der Waals surface area contributed by atoms with Gasteiger partial charge < -0.3 is 12.8 Å². The molecule has 1 atom stereocenters. The molecule has 0 heterocycles. The van der Waals surface area contributed by atoms with Gasteiger partial charge in [0.2, 0.25) is 0 Å². The Morgan fingerprint density at radius 2 is 1.92 bits per heavy atom. The van der Waals surface area contributed by atoms with Crippen molar-refractivity contribution < 1.29 is 24.8 Å². The van der Waals surface area contributed by atoms with Crippen molar-refractivity contribution in [2.75, 3.05) is 0 Å². The van der Waals surface area contributed by atoms with Crippen LogP contribution in [0, 0.1) is 5.92 Å². The second-order valence-corrected chi connectivity index (χ2v) is 3.62. The summed E-state index contributed by atoms with van der Waals surface area (Å²) in [5, 5.41) is 0. The minimum atomic E-state index is -4.73. The van der Waals surface area contributed by atoms with E-state index in [4.69, 9.17) is 10.3 Å². The summed E-state index contributed by atoms with van der Waals surface area (Å²) in [4.78, 5) is 10.7. The van der Waals surface area contributed by atoms with Crippen molar-refractivity contribution in [3.05, 3.63) is 0 Å². The average molecular weight is 224 g/mol. The van der Waals surface area contributed by atoms with E-state index < -0.39 is 22.4 Å². The van der Waals surface area contributed by atoms with Crippen molar-refractivity contribution in [1.29, 1.82) is 0 Å². The first-order chi connectivity index (χ1) is 5.24. The summed E-state index contributed by atoms with van der Waals surface area (Å²) in [6.07, 6.45) is 0. The molecule has 0 aliphatic carbocycles. The number of rotatable bonds is 3. The summed E-state index contributed by atoms with van der Waals surface area (Å²) in [6, 6.07) is -1.05. The van der Waals surface area contributed by atoms with Crippen LogP contribution in [0.3, 0.4) is 0 Å². The van der Waals surface area contributed by atoms with E-state index in [1.54, 1.807) is 13.8 Å². The minimum absolute atomic E-state index is 0. The Balaban J connectivity index is -0.000000202. The Kier molecular flexibility index (Phi) is 6.90. The Hall–Kier alpha value is 0.106. The smallest absolute Gasteiger partial charge is 1.00 e. The van der Waals surface area contributed by atoms with Gasteiger partial charge in [-0.2, -0.15) is 8.42 Å². The first kappa shape index (κ1) is 15.6. The Labute approximate surface area is 95.9 Å². The average Bonchev–Trinajstić information content (AvgIpc) is 1.82. The summed E-state index contributed by atoms with van der Waals surface area (Å²) in [7, 11) is -4.73. The van der Waals surface area contributed by atoms with E-state index in [0.717, 1.165) is 0 Å². The third-order valence-electron chi connectivity index (χ3n) is 1.18. The van der Waals surface area contributed by atoms with Gasteiger partial charge in [-0.1, -0.05) is 13.8 Å². The van der Waals surface area contributed by atoms with Gasteiger partial charge in [-0.05, 0) is 5.92 Å². The van der Waals surface area contributed by atoms with Crippen LogP contribution in [0.4, 0.5) is 0 Å². The quantitative estimate of drug-likeness (QED) is 0.477. The number of nitrogens with two attached hydrogens (primary N) is 1. The van der Waals surface area contributed by atoms with Gasteiger partial charge in [0.05, 0.1) is 0 Å². The fraction of sp³-hybridized carbons (Fsp3) is 0.800. The molecular formula is C5H13MgNO5S. The van der Waals surface area contributed by atoms with Crippen LogP contribution in [-0.2, 0) is 19.4 Å². The van der Waals surface area contributed by atoms with Crippen molar-refractivity contribution in [1.82, 2.24) is 0 Å². The van der Waals surface area contributed by atoms with Crippen LogP contribution in [0.5, 0.6) is 0 Å². The molecule has 0 aromatic carbocycles. The van der Waals surface area contributed by atoms with Crippen molar-refractivity contribution in [3.8, 4) is 0 Å². The summed E-state index contributed by atoms with van der Waals surface area (Å²) in [6.45, 7) is 3.24. The van der Waals surface area contributed by atoms with Crippen molar-refractivity contribution in [3.63, 3.8) is 0 Å². The molecular weight excluding hydrogens is 210 g/mol. The fourth-order valence-corrected chi connectivity index (χ4v) is 0.750. The molecule has 6 nitrogen and oxygen atoms in total. The molecule has 0 saturated heterocycles. The molecule has 0 saturated carbocycles. The molecule has 0 aromatic heterocycles. The van der Waals surface area contributed by atoms with Gasteiger partial charge in [0, 0.05) is 0 Å². The molecule has 3 N–H and O–H groups in total. The van der Waals surface area contributed by atoms with Gasteiger partial charge in [0.1, 0.15) is 6.04 Å². The summed E-state index contributed by atoms with van der Waals surface area (Å²) < 4.78 is 31.8. The van der Waals surface area contributed by atoms with Gasteiger partial charge in [-0.25, -0.2) is 4.79 Å². The largest absolute Gasteiger partial charge is 2.00 e. The molecule has 76 valence electrons. The Morgan fingerprint density at radius 3 is 2.15 bits per heavy atom. The van der Waals surface area contributed by atoms with Crippen LogP contribution in [0.2, 0.25) is 0 Å². The molecule has 0 unspecified atom stereocenters. The number of hydrogen-bond acceptors (Lipinski definition) is 5. The van der Waals surface area contributed by atoms with Crippen molar-refractivity contribution >= 4 is 39.4 Å². The van der Waals surface area contributed by atoms with Gasteiger partial charge in [0.25, 0.3) is 0 Å². The number of carbonyl (C=O) groups excluding carboxylic acids is 1. The van der Waals surface area contributed by atoms with Crippen LogP contribution in [0.15, 0.2) is 0 Å². The van der Waals surface area contributed by atoms with E-state index in [2.05, 4.69) is 4.18 Å². The molecule has 0 aliphatic rings. The molecule has 13 heavy (non-hydrogen) atoms. The molecule has 0 radical (unpaired) electrons. The van der Waals surface area contributed by atoms with Gasteiger partial charge in [-0.15, -0.1) is 0 Å². The molecule has 0 spiro atoms. The first-order valence-electron chi connectivity index (χ1n) is 3.20. The predicted molar refractivity (Wildman–Crippen MR) is 48.4 cm³/mol. The molecule has 0 bridgehead atoms. The zero-order valence-electron chi connectivity index (χ0n) is 9.43. The number of carbonyl (C=O) groups is 1. The molecule has 0 fully saturated rings. The van der Waals surface area contributed by atoms with Gasteiger partial charge in [-0.3, -0.25) is 4.55 Å². The van der Waals surface area contributed by atoms with E-state index in [-0.39, 0.29) is 31.8 Å². The van der Waals surface area contributed by atoms with Gasteiger partial charge in [0.15, 0.2) is 0 Å². The first-order valence-corrected chi connectivity index (χ1v) is 4.57. The molecule has 0 rings (SSSR count). The topological polar surface area (TPSA) is 107 Å². The minimum Gasteiger partial charge on any atom is -1.00 e. The number of hydrogen-bond donors (Lipinski definition) is 2. The summed E-state index contributed by atoms with van der Waals surface area (Å²) in [5.41, 5.74) is 5.22. The summed E-state index contributed by atoms with van der Waals surface area (Å²) in [5.74, 6) is -1.41. The van der Waals surface area contributed by atoms with Crippen molar-refractivity contribution in [2.24, 2.45) is 11.7 Å². The normalized spacial score (nSPS) is 13.3. The van der Waals surface area contributed by atoms with Crippen molar-refractivity contribution in [2.45, 2.75) is 19.9 Å². The predicted octanol–water partition coefficient (Wildman–Crippen LogP) is -0.840. The summed E-state index contributed by atoms with van der Waals surface area (Å²) >= 11 is 0. The molecule has 0 aliphatic heterocycles. The second kappa shape index (κ2) is 5.76. The van der Waals surface area contributed by atoms with Crippen LogP contribution in [-0.4, -0.2) is 48.0 Å². The molecule has 0 amide bonds. The van der Waals surface area contributed by atoms with Crippen LogP contribution < -0.4 is 5.73 Å². The van der Waals surface area contributed by atoms with Crippen LogP contribution >= 0.6 is 0 Å². The third-order valence-corrected chi connectivity index (χ3v) is 1.55. The standard InChI is InChI=1S/C5H11NO5S.Mg.2H/c1-3(2)4(6)5(7)11-12(8,9)10;;;/h3-4H,6H2,1-2H3,(H,8,9,10);;;/q;+2;2*-1/t4-;;;/m0.../s1. The van der Waals surface area contributed by atoms with Crippen LogP contribution in [0.25, 0.3) is 0 Å². The van der Waals surface area contributed by atoms with E-state index in [0.29, 0.717) is 0 Å². The third kappa shape index (κ3) is 7.20. The Bertz CT molecular complexity index is 271. The van der Waals surface area contributed by atoms with E-state index in [1.165, 1.54) is 0 Å².